The van der Waals surface area contributed by atoms with E-state index in [-0.39, 0.29) is 23.7 Å². The number of hydrogen-bond donors (Lipinski definition) is 3. The van der Waals surface area contributed by atoms with E-state index in [4.69, 9.17) is 0 Å². The van der Waals surface area contributed by atoms with Crippen LogP contribution in [0, 0.1) is 5.92 Å². The number of likely N-dealkylation sites (tertiary alicyclic amines) is 1. The summed E-state index contributed by atoms with van der Waals surface area (Å²) in [6.45, 7) is 8.22. The van der Waals surface area contributed by atoms with E-state index in [2.05, 4.69) is 29.4 Å². The number of nitrogens with one attached hydrogen (secondary N) is 2. The summed E-state index contributed by atoms with van der Waals surface area (Å²) in [5.74, 6) is 0.790. The molecule has 0 spiro atoms. The van der Waals surface area contributed by atoms with Gasteiger partial charge in [-0.3, -0.25) is 4.79 Å². The molecule has 1 aromatic rings. The van der Waals surface area contributed by atoms with Crippen molar-refractivity contribution in [1.82, 2.24) is 15.5 Å². The molecule has 2 aliphatic heterocycles. The normalized spacial score (nSPS) is 22.4. The number of fused-ring (bicyclic) bond motifs is 1. The minimum Gasteiger partial charge on any atom is -0.508 e. The lowest BCUT2D eigenvalue weighted by atomic mass is 9.94. The number of phenols is 1. The molecule has 1 fully saturated rings. The molecule has 24 heavy (non-hydrogen) atoms. The van der Waals surface area contributed by atoms with Gasteiger partial charge in [-0.2, -0.15) is 0 Å². The molecule has 5 heteroatoms. The molecule has 0 aromatic heterocycles. The van der Waals surface area contributed by atoms with Crippen molar-refractivity contribution in [3.05, 3.63) is 29.3 Å². The number of amides is 1. The van der Waals surface area contributed by atoms with Gasteiger partial charge in [0, 0.05) is 19.1 Å². The maximum Gasteiger partial charge on any atom is 0.237 e. The average Bonchev–Trinajstić information content (AvgIpc) is 3.06. The molecule has 2 aliphatic rings. The fourth-order valence-electron chi connectivity index (χ4n) is 3.64. The van der Waals surface area contributed by atoms with E-state index in [1.54, 1.807) is 12.1 Å². The van der Waals surface area contributed by atoms with Gasteiger partial charge in [-0.1, -0.05) is 19.9 Å². The minimum atomic E-state index is -0.193. The monoisotopic (exact) mass is 331 g/mol. The number of nitrogens with zero attached hydrogens (tertiary/aromatic N) is 1. The summed E-state index contributed by atoms with van der Waals surface area (Å²) in [4.78, 5) is 15.2. The van der Waals surface area contributed by atoms with Crippen LogP contribution >= 0.6 is 0 Å². The molecule has 3 N–H and O–H groups in total. The van der Waals surface area contributed by atoms with Gasteiger partial charge in [0.2, 0.25) is 5.91 Å². The molecule has 5 nitrogen and oxygen atoms in total. The molecule has 132 valence electrons. The van der Waals surface area contributed by atoms with E-state index in [1.165, 1.54) is 12.8 Å². The van der Waals surface area contributed by atoms with E-state index in [9.17, 15) is 9.90 Å². The number of benzene rings is 1. The Labute approximate surface area is 144 Å². The van der Waals surface area contributed by atoms with Crippen molar-refractivity contribution >= 4 is 5.91 Å². The van der Waals surface area contributed by atoms with Gasteiger partial charge in [-0.25, -0.2) is 0 Å². The van der Waals surface area contributed by atoms with Crippen LogP contribution in [0.1, 0.15) is 37.8 Å². The summed E-state index contributed by atoms with van der Waals surface area (Å²) in [6, 6.07) is 5.40. The van der Waals surface area contributed by atoms with Gasteiger partial charge in [-0.05, 0) is 61.5 Å². The number of hydrogen-bond acceptors (Lipinski definition) is 4. The molecule has 3 rings (SSSR count). The van der Waals surface area contributed by atoms with Crippen LogP contribution in [0.3, 0.4) is 0 Å². The Morgan fingerprint density at radius 1 is 1.33 bits per heavy atom. The van der Waals surface area contributed by atoms with Crippen molar-refractivity contribution in [3.8, 4) is 5.75 Å². The van der Waals surface area contributed by atoms with Crippen LogP contribution in [0.5, 0.6) is 5.75 Å². The first kappa shape index (κ1) is 17.2. The Hall–Kier alpha value is -1.59. The Kier molecular flexibility index (Phi) is 5.41. The Morgan fingerprint density at radius 3 is 2.79 bits per heavy atom. The first-order chi connectivity index (χ1) is 11.5. The first-order valence-corrected chi connectivity index (χ1v) is 9.10. The second kappa shape index (κ2) is 7.53. The fourth-order valence-corrected chi connectivity index (χ4v) is 3.64. The summed E-state index contributed by atoms with van der Waals surface area (Å²) < 4.78 is 0. The van der Waals surface area contributed by atoms with Gasteiger partial charge in [0.05, 0.1) is 6.04 Å². The van der Waals surface area contributed by atoms with Crippen LogP contribution < -0.4 is 10.6 Å². The third-order valence-electron chi connectivity index (χ3n) is 5.26. The topological polar surface area (TPSA) is 64.6 Å². The third kappa shape index (κ3) is 4.08. The van der Waals surface area contributed by atoms with Gasteiger partial charge >= 0.3 is 0 Å². The molecule has 0 unspecified atom stereocenters. The molecule has 0 saturated carbocycles. The summed E-state index contributed by atoms with van der Waals surface area (Å²) in [7, 11) is 0. The standard InChI is InChI=1S/C19H29N3O2/c1-13(2)18(12-22-7-3-4-8-22)21-19(24)17-10-14-5-6-16(23)9-15(14)11-20-17/h5-6,9,13,17-18,20,23H,3-4,7-8,10-12H2,1-2H3,(H,21,24)/t17-,18-/m1/s1. The molecule has 1 amide bonds. The van der Waals surface area contributed by atoms with E-state index in [0.717, 1.165) is 30.8 Å². The first-order valence-electron chi connectivity index (χ1n) is 9.10. The summed E-state index contributed by atoms with van der Waals surface area (Å²) in [6.07, 6.45) is 3.22. The van der Waals surface area contributed by atoms with Crippen molar-refractivity contribution in [1.29, 1.82) is 0 Å². The minimum absolute atomic E-state index is 0.0895. The summed E-state index contributed by atoms with van der Waals surface area (Å²) in [5, 5.41) is 16.1. The molecule has 0 radical (unpaired) electrons. The lowest BCUT2D eigenvalue weighted by molar-refractivity contribution is -0.124. The van der Waals surface area contributed by atoms with Crippen molar-refractivity contribution in [2.45, 2.75) is 51.7 Å². The number of carbonyl (C=O) groups excluding carboxylic acids is 1. The Balaban J connectivity index is 1.60. The second-order valence-corrected chi connectivity index (χ2v) is 7.46. The van der Waals surface area contributed by atoms with Crippen molar-refractivity contribution in [2.24, 2.45) is 5.92 Å². The zero-order valence-electron chi connectivity index (χ0n) is 14.7. The lowest BCUT2D eigenvalue weighted by Crippen LogP contribution is -2.54. The molecule has 2 heterocycles. The van der Waals surface area contributed by atoms with Crippen LogP contribution in [-0.4, -0.2) is 47.6 Å². The Bertz CT molecular complexity index is 582. The van der Waals surface area contributed by atoms with Crippen LogP contribution in [0.25, 0.3) is 0 Å². The SMILES string of the molecule is CC(C)[C@@H](CN1CCCC1)NC(=O)[C@H]1Cc2ccc(O)cc2CN1. The van der Waals surface area contributed by atoms with Crippen LogP contribution in [0.4, 0.5) is 0 Å². The van der Waals surface area contributed by atoms with Gasteiger partial charge in [0.25, 0.3) is 0 Å². The molecule has 2 atom stereocenters. The number of phenolic OH excluding ortho intramolecular Hbond substituents is 1. The third-order valence-corrected chi connectivity index (χ3v) is 5.26. The second-order valence-electron chi connectivity index (χ2n) is 7.46. The van der Waals surface area contributed by atoms with E-state index in [0.29, 0.717) is 18.9 Å². The maximum atomic E-state index is 12.7. The number of aromatic hydroxyl groups is 1. The largest absolute Gasteiger partial charge is 0.508 e. The molecule has 1 saturated heterocycles. The van der Waals surface area contributed by atoms with Gasteiger partial charge in [0.15, 0.2) is 0 Å². The summed E-state index contributed by atoms with van der Waals surface area (Å²) >= 11 is 0. The molecular formula is C19H29N3O2. The van der Waals surface area contributed by atoms with Gasteiger partial charge < -0.3 is 20.6 Å². The molecule has 0 aliphatic carbocycles. The molecule has 1 aromatic carbocycles. The van der Waals surface area contributed by atoms with Gasteiger partial charge in [0.1, 0.15) is 5.75 Å². The zero-order valence-corrected chi connectivity index (χ0v) is 14.7. The highest BCUT2D eigenvalue weighted by Crippen LogP contribution is 2.22. The predicted molar refractivity (Wildman–Crippen MR) is 94.9 cm³/mol. The van der Waals surface area contributed by atoms with Crippen molar-refractivity contribution in [2.75, 3.05) is 19.6 Å². The van der Waals surface area contributed by atoms with Crippen LogP contribution in [0.2, 0.25) is 0 Å². The Morgan fingerprint density at radius 2 is 2.08 bits per heavy atom. The predicted octanol–water partition coefficient (Wildman–Crippen LogP) is 1.64. The maximum absolute atomic E-state index is 12.7. The van der Waals surface area contributed by atoms with Crippen molar-refractivity contribution in [3.63, 3.8) is 0 Å². The number of rotatable bonds is 5. The van der Waals surface area contributed by atoms with E-state index >= 15 is 0 Å². The molecular weight excluding hydrogens is 302 g/mol. The zero-order chi connectivity index (χ0) is 17.1. The van der Waals surface area contributed by atoms with Crippen molar-refractivity contribution < 1.29 is 9.90 Å². The highest BCUT2D eigenvalue weighted by atomic mass is 16.3. The average molecular weight is 331 g/mol. The van der Waals surface area contributed by atoms with Crippen LogP contribution in [0.15, 0.2) is 18.2 Å². The van der Waals surface area contributed by atoms with E-state index < -0.39 is 0 Å². The summed E-state index contributed by atoms with van der Waals surface area (Å²) in [5.41, 5.74) is 2.23. The smallest absolute Gasteiger partial charge is 0.237 e. The van der Waals surface area contributed by atoms with Gasteiger partial charge in [-0.15, -0.1) is 0 Å². The lowest BCUT2D eigenvalue weighted by Gasteiger charge is -2.31. The molecule has 0 bridgehead atoms. The van der Waals surface area contributed by atoms with Crippen LogP contribution in [-0.2, 0) is 17.8 Å². The highest BCUT2D eigenvalue weighted by molar-refractivity contribution is 5.82. The highest BCUT2D eigenvalue weighted by Gasteiger charge is 2.28. The fraction of sp³-hybridized carbons (Fsp3) is 0.632. The van der Waals surface area contributed by atoms with E-state index in [1.807, 2.05) is 6.07 Å². The quantitative estimate of drug-likeness (QED) is 0.767. The number of carbonyl (C=O) groups is 1.